The van der Waals surface area contributed by atoms with Crippen molar-refractivity contribution in [2.45, 2.75) is 44.1 Å². The number of aliphatic hydroxyl groups is 2. The van der Waals surface area contributed by atoms with E-state index in [2.05, 4.69) is 23.4 Å². The lowest BCUT2D eigenvalue weighted by molar-refractivity contribution is -0.197. The number of phosphoric acid groups is 3. The van der Waals surface area contributed by atoms with Crippen LogP contribution in [0.5, 0.6) is 0 Å². The van der Waals surface area contributed by atoms with Crippen molar-refractivity contribution in [3.8, 4) is 0 Å². The van der Waals surface area contributed by atoms with Crippen LogP contribution in [0, 0.1) is 0 Å². The molecule has 1 aromatic rings. The van der Waals surface area contributed by atoms with Crippen LogP contribution in [0.3, 0.4) is 0 Å². The van der Waals surface area contributed by atoms with E-state index in [0.717, 1.165) is 12.3 Å². The first kappa shape index (κ1) is 29.8. The molecule has 0 bridgehead atoms. The van der Waals surface area contributed by atoms with Crippen molar-refractivity contribution in [2.75, 3.05) is 11.9 Å². The van der Waals surface area contributed by atoms with Crippen molar-refractivity contribution in [1.29, 1.82) is 0 Å². The lowest BCUT2D eigenvalue weighted by atomic mass is 10.1. The molecule has 0 aliphatic carbocycles. The minimum Gasteiger partial charge on any atom is -0.384 e. The Labute approximate surface area is 194 Å². The molecule has 35 heavy (non-hydrogen) atoms. The number of halogens is 1. The van der Waals surface area contributed by atoms with E-state index in [4.69, 9.17) is 19.4 Å². The predicted octanol–water partition coefficient (Wildman–Crippen LogP) is -0.758. The molecule has 1 aliphatic rings. The van der Waals surface area contributed by atoms with Crippen LogP contribution in [0.4, 0.5) is 10.2 Å². The number of ether oxygens (including phenoxy) is 1. The summed E-state index contributed by atoms with van der Waals surface area (Å²) >= 11 is 0. The van der Waals surface area contributed by atoms with E-state index >= 15 is 0 Å². The molecule has 1 aliphatic heterocycles. The number of phosphoric ester groups is 1. The average Bonchev–Trinajstić information content (AvgIpc) is 2.87. The average molecular weight is 571 g/mol. The quantitative estimate of drug-likeness (QED) is 0.161. The van der Waals surface area contributed by atoms with E-state index in [1.807, 2.05) is 0 Å². The topological polar surface area (TPSA) is 273 Å². The Morgan fingerprint density at radius 3 is 2.43 bits per heavy atom. The first-order valence-electron chi connectivity index (χ1n) is 9.29. The fourth-order valence-corrected chi connectivity index (χ4v) is 5.73. The number of hydrogen-bond acceptors (Lipinski definition) is 12. The van der Waals surface area contributed by atoms with Gasteiger partial charge in [0.1, 0.15) is 18.0 Å². The second-order valence-electron chi connectivity index (χ2n) is 6.89. The summed E-state index contributed by atoms with van der Waals surface area (Å²) in [5.41, 5.74) is -1.24. The highest BCUT2D eigenvalue weighted by Crippen LogP contribution is 2.66. The summed E-state index contributed by atoms with van der Waals surface area (Å²) in [6.07, 6.45) is -5.28. The van der Waals surface area contributed by atoms with E-state index in [1.165, 1.54) is 0 Å². The van der Waals surface area contributed by atoms with Crippen LogP contribution in [0.25, 0.3) is 0 Å². The zero-order valence-corrected chi connectivity index (χ0v) is 20.2. The molecule has 22 heteroatoms. The van der Waals surface area contributed by atoms with E-state index in [1.54, 1.807) is 6.92 Å². The number of aromatic nitrogens is 2. The molecule has 0 aromatic carbocycles. The van der Waals surface area contributed by atoms with Gasteiger partial charge in [0.15, 0.2) is 6.23 Å². The van der Waals surface area contributed by atoms with Gasteiger partial charge in [-0.3, -0.25) is 13.9 Å². The van der Waals surface area contributed by atoms with Crippen molar-refractivity contribution >= 4 is 35.2 Å². The van der Waals surface area contributed by atoms with Crippen LogP contribution in [0.2, 0.25) is 0 Å². The molecule has 1 fully saturated rings. The Hall–Kier alpha value is -1.43. The number of hydrogen-bond donors (Lipinski definition) is 7. The molecular formula is C13H21FN3O15P3. The summed E-state index contributed by atoms with van der Waals surface area (Å²) in [7, 11) is -17.1. The number of carbonyl (C=O) groups excluding carboxylic acids is 1. The Morgan fingerprint density at radius 1 is 1.26 bits per heavy atom. The van der Waals surface area contributed by atoms with Gasteiger partial charge >= 0.3 is 29.2 Å². The van der Waals surface area contributed by atoms with Crippen LogP contribution in [-0.2, 0) is 36.4 Å². The van der Waals surface area contributed by atoms with E-state index < -0.39 is 66.0 Å². The highest BCUT2D eigenvalue weighted by Gasteiger charge is 2.58. The molecule has 2 heterocycles. The monoisotopic (exact) mass is 571 g/mol. The first-order valence-corrected chi connectivity index (χ1v) is 13.8. The second kappa shape index (κ2) is 10.9. The normalized spacial score (nSPS) is 28.3. The zero-order valence-electron chi connectivity index (χ0n) is 17.5. The second-order valence-corrected chi connectivity index (χ2v) is 11.3. The van der Waals surface area contributed by atoms with Gasteiger partial charge in [0.2, 0.25) is 5.91 Å². The predicted molar refractivity (Wildman–Crippen MR) is 108 cm³/mol. The highest BCUT2D eigenvalue weighted by atomic mass is 31.3. The number of nitrogens with one attached hydrogen (secondary N) is 1. The largest absolute Gasteiger partial charge is 0.490 e. The highest BCUT2D eigenvalue weighted by molar-refractivity contribution is 7.66. The molecule has 0 saturated carbocycles. The lowest BCUT2D eigenvalue weighted by Crippen LogP contribution is -2.45. The molecule has 2 unspecified atom stereocenters. The van der Waals surface area contributed by atoms with Gasteiger partial charge < -0.3 is 39.8 Å². The number of aliphatic hydroxyl groups excluding tert-OH is 1. The van der Waals surface area contributed by atoms with Crippen molar-refractivity contribution < 1.29 is 70.5 Å². The maximum Gasteiger partial charge on any atom is 0.490 e. The summed E-state index contributed by atoms with van der Waals surface area (Å²) in [5.74, 6) is -4.35. The zero-order chi connectivity index (χ0) is 26.8. The maximum atomic E-state index is 14.8. The van der Waals surface area contributed by atoms with Gasteiger partial charge in [0.25, 0.3) is 5.85 Å². The molecule has 2 rings (SSSR count). The van der Waals surface area contributed by atoms with Crippen LogP contribution in [0.15, 0.2) is 17.1 Å². The number of amides is 1. The summed E-state index contributed by atoms with van der Waals surface area (Å²) in [4.78, 5) is 62.8. The number of anilines is 1. The maximum absolute atomic E-state index is 14.8. The standard InChI is InChI=1S/C13H21FN3O15P3/c1-2-3-9(18)15-8-4-5-17(12(20)16-8)11-13(14,21)10(19)7(30-11)6-29-34(25,26)32-35(27,28)31-33(22,23)24/h4-5,7,10-11,19,21H,2-3,6H2,1H3,(H,25,26)(H,27,28)(H2,22,23,24)(H,15,16,18,20)/t7-,10-,11-,13-/m1/s1. The van der Waals surface area contributed by atoms with Crippen LogP contribution < -0.4 is 11.0 Å². The Kier molecular flexibility index (Phi) is 9.28. The Bertz CT molecular complexity index is 1140. The first-order chi connectivity index (χ1) is 15.9. The summed E-state index contributed by atoms with van der Waals surface area (Å²) in [5, 5.41) is 22.3. The van der Waals surface area contributed by atoms with Gasteiger partial charge in [-0.2, -0.15) is 13.6 Å². The van der Waals surface area contributed by atoms with Crippen molar-refractivity contribution in [3.63, 3.8) is 0 Å². The smallest absolute Gasteiger partial charge is 0.384 e. The van der Waals surface area contributed by atoms with Gasteiger partial charge in [-0.15, -0.1) is 0 Å². The molecule has 1 aromatic heterocycles. The fraction of sp³-hybridized carbons (Fsp3) is 0.615. The lowest BCUT2D eigenvalue weighted by Gasteiger charge is -2.23. The number of carbonyl (C=O) groups is 1. The minimum absolute atomic E-state index is 0.129. The fourth-order valence-electron chi connectivity index (χ4n) is 2.70. The third kappa shape index (κ3) is 8.30. The van der Waals surface area contributed by atoms with Crippen molar-refractivity contribution in [1.82, 2.24) is 9.55 Å². The summed E-state index contributed by atoms with van der Waals surface area (Å²) in [6, 6.07) is 1.06. The molecule has 0 spiro atoms. The number of rotatable bonds is 11. The van der Waals surface area contributed by atoms with Gasteiger partial charge in [-0.05, 0) is 12.5 Å². The van der Waals surface area contributed by atoms with Crippen molar-refractivity contribution in [3.05, 3.63) is 22.7 Å². The van der Waals surface area contributed by atoms with Gasteiger partial charge in [0.05, 0.1) is 6.61 Å². The molecular weight excluding hydrogens is 550 g/mol. The molecule has 200 valence electrons. The molecule has 0 radical (unpaired) electrons. The molecule has 1 amide bonds. The molecule has 1 saturated heterocycles. The Morgan fingerprint density at radius 2 is 1.89 bits per heavy atom. The SMILES string of the molecule is CCCC(=O)Nc1ccn([C@@H]2O[C@H](COP(=O)(O)OP(=O)(O)OP(=O)(O)O)[C@@H](O)[C@]2(O)F)c(=O)n1. The van der Waals surface area contributed by atoms with E-state index in [-0.39, 0.29) is 12.2 Å². The van der Waals surface area contributed by atoms with E-state index in [0.29, 0.717) is 11.0 Å². The summed E-state index contributed by atoms with van der Waals surface area (Å²) < 4.78 is 65.1. The van der Waals surface area contributed by atoms with Crippen LogP contribution in [-0.4, -0.2) is 69.9 Å². The van der Waals surface area contributed by atoms with Gasteiger partial charge in [-0.25, -0.2) is 22.9 Å². The third-order valence-electron chi connectivity index (χ3n) is 4.06. The molecule has 6 atom stereocenters. The number of alkyl halides is 1. The number of nitrogens with zero attached hydrogens (tertiary/aromatic N) is 2. The molecule has 18 nitrogen and oxygen atoms in total. The van der Waals surface area contributed by atoms with Crippen LogP contribution >= 0.6 is 23.5 Å². The Balaban J connectivity index is 2.13. The van der Waals surface area contributed by atoms with Crippen molar-refractivity contribution in [2.24, 2.45) is 0 Å². The van der Waals surface area contributed by atoms with Gasteiger partial charge in [0, 0.05) is 12.6 Å². The minimum atomic E-state index is -5.84. The van der Waals surface area contributed by atoms with Crippen LogP contribution in [0.1, 0.15) is 26.0 Å². The third-order valence-corrected chi connectivity index (χ3v) is 7.86. The van der Waals surface area contributed by atoms with Gasteiger partial charge in [-0.1, -0.05) is 6.92 Å². The summed E-state index contributed by atoms with van der Waals surface area (Å²) in [6.45, 7) is 0.428. The van der Waals surface area contributed by atoms with E-state index in [9.17, 15) is 42.8 Å². The molecule has 7 N–H and O–H groups in total.